The lowest BCUT2D eigenvalue weighted by molar-refractivity contribution is -0.120. The average Bonchev–Trinajstić information content (AvgIpc) is 3.28. The number of hydrogen-bond donors (Lipinski definition) is 10. The number of aromatic nitrogens is 6. The molecule has 74 heavy (non-hydrogen) atoms. The zero-order chi connectivity index (χ0) is 54.8. The molecule has 38 heteroatoms. The van der Waals surface area contributed by atoms with Crippen molar-refractivity contribution in [1.29, 1.82) is 0 Å². The Morgan fingerprint density at radius 1 is 0.581 bits per heavy atom. The van der Waals surface area contributed by atoms with E-state index in [0.29, 0.717) is 12.1 Å². The van der Waals surface area contributed by atoms with Crippen LogP contribution in [0, 0.1) is 0 Å². The molecular formula is C36H35Cl2N17O15S4. The number of hydrogen-bond acceptors (Lipinski definition) is 26. The van der Waals surface area contributed by atoms with Crippen molar-refractivity contribution >= 4 is 150 Å². The maximum atomic E-state index is 12.8. The van der Waals surface area contributed by atoms with Crippen molar-refractivity contribution in [1.82, 2.24) is 40.5 Å². The summed E-state index contributed by atoms with van der Waals surface area (Å²) in [6.07, 6.45) is 0. The smallest absolute Gasteiger partial charge is 0.296 e. The van der Waals surface area contributed by atoms with Crippen LogP contribution in [0.25, 0.3) is 10.8 Å². The van der Waals surface area contributed by atoms with Gasteiger partial charge in [0.05, 0.1) is 24.2 Å². The monoisotopic (exact) mass is 1140 g/mol. The Balaban J connectivity index is 1.48. The lowest BCUT2D eigenvalue weighted by atomic mass is 10.1. The van der Waals surface area contributed by atoms with Gasteiger partial charge in [0.25, 0.3) is 40.5 Å². The number of nitrogens with two attached hydrogens (primary N) is 1. The highest BCUT2D eigenvalue weighted by Gasteiger charge is 2.29. The van der Waals surface area contributed by atoms with Crippen LogP contribution < -0.4 is 36.8 Å². The van der Waals surface area contributed by atoms with Gasteiger partial charge in [0.1, 0.15) is 42.3 Å². The molecule has 6 aromatic rings. The third kappa shape index (κ3) is 13.1. The van der Waals surface area contributed by atoms with E-state index in [1.807, 2.05) is 0 Å². The van der Waals surface area contributed by atoms with Crippen molar-refractivity contribution in [3.05, 3.63) is 59.1 Å². The summed E-state index contributed by atoms with van der Waals surface area (Å²) in [7, 11) is -15.6. The molecule has 0 saturated heterocycles. The van der Waals surface area contributed by atoms with Gasteiger partial charge in [-0.2, -0.15) is 63.6 Å². The average molecular weight is 1140 g/mol. The number of amides is 2. The first-order valence-electron chi connectivity index (χ1n) is 19.7. The molecule has 32 nitrogen and oxygen atoms in total. The number of fused-ring (bicyclic) bond motifs is 1. The first-order chi connectivity index (χ1) is 34.4. The number of nitrogens with zero attached hydrogens (tertiary/aromatic N) is 12. The molecule has 0 unspecified atom stereocenters. The molecule has 0 radical (unpaired) electrons. The molecule has 6 rings (SSSR count). The summed E-state index contributed by atoms with van der Waals surface area (Å²) in [5.41, 5.74) is 1.39. The lowest BCUT2D eigenvalue weighted by Crippen LogP contribution is -2.34. The van der Waals surface area contributed by atoms with Gasteiger partial charge in [-0.05, 0) is 77.1 Å². The molecule has 0 saturated carbocycles. The van der Waals surface area contributed by atoms with Crippen LogP contribution in [0.2, 0.25) is 10.6 Å². The van der Waals surface area contributed by atoms with Crippen LogP contribution in [0.4, 0.5) is 63.6 Å². The van der Waals surface area contributed by atoms with Crippen LogP contribution in [0.5, 0.6) is 5.75 Å². The number of carbonyl (C=O) groups is 2. The summed E-state index contributed by atoms with van der Waals surface area (Å²) in [5.74, 6) is -2.91. The molecule has 2 heterocycles. The number of phenols is 1. The number of rotatable bonds is 18. The predicted molar refractivity (Wildman–Crippen MR) is 261 cm³/mol. The molecule has 392 valence electrons. The number of benzene rings is 4. The highest BCUT2D eigenvalue weighted by molar-refractivity contribution is 7.86. The van der Waals surface area contributed by atoms with Crippen LogP contribution in [0.15, 0.2) is 88.6 Å². The minimum absolute atomic E-state index is 0.0922. The van der Waals surface area contributed by atoms with Crippen LogP contribution in [-0.4, -0.2) is 140 Å². The quantitative estimate of drug-likeness (QED) is 0.0334. The molecule has 0 aliphatic heterocycles. The number of nitrogen functional groups attached to an aromatic ring is 1. The highest BCUT2D eigenvalue weighted by atomic mass is 35.5. The summed E-state index contributed by atoms with van der Waals surface area (Å²) >= 11 is 12.1. The number of azo groups is 2. The Kier molecular flexibility index (Phi) is 16.1. The first kappa shape index (κ1) is 55.6. The van der Waals surface area contributed by atoms with E-state index in [2.05, 4.69) is 71.6 Å². The summed E-state index contributed by atoms with van der Waals surface area (Å²) in [5, 5.41) is 34.6. The minimum atomic E-state index is -5.52. The van der Waals surface area contributed by atoms with Crippen molar-refractivity contribution < 1.29 is 66.6 Å². The summed E-state index contributed by atoms with van der Waals surface area (Å²) in [4.78, 5) is 46.0. The molecule has 0 bridgehead atoms. The second-order valence-corrected chi connectivity index (χ2v) is 21.0. The molecule has 0 aliphatic carbocycles. The molecular weight excluding hydrogens is 1110 g/mol. The molecule has 0 fully saturated rings. The third-order valence-corrected chi connectivity index (χ3v) is 13.4. The number of aromatic hydroxyl groups is 1. The van der Waals surface area contributed by atoms with E-state index < -0.39 is 117 Å². The molecule has 0 atom stereocenters. The predicted octanol–water partition coefficient (Wildman–Crippen LogP) is 3.47. The second-order valence-electron chi connectivity index (χ2n) is 14.7. The fourth-order valence-electron chi connectivity index (χ4n) is 6.22. The lowest BCUT2D eigenvalue weighted by Gasteiger charge is -2.16. The number of phenolic OH excluding ortho intramolecular Hbond substituents is 1. The largest absolute Gasteiger partial charge is 0.505 e. The van der Waals surface area contributed by atoms with Crippen molar-refractivity contribution in [2.45, 2.75) is 19.6 Å². The van der Waals surface area contributed by atoms with Crippen molar-refractivity contribution in [2.24, 2.45) is 20.5 Å². The zero-order valence-electron chi connectivity index (χ0n) is 37.7. The van der Waals surface area contributed by atoms with Crippen LogP contribution in [0.1, 0.15) is 0 Å². The van der Waals surface area contributed by atoms with E-state index in [-0.39, 0.29) is 58.8 Å². The number of nitrogens with one attached hydrogen (secondary N) is 4. The second kappa shape index (κ2) is 21.4. The van der Waals surface area contributed by atoms with E-state index in [1.165, 1.54) is 38.0 Å². The third-order valence-electron chi connectivity index (χ3n) is 9.57. The van der Waals surface area contributed by atoms with Crippen LogP contribution in [-0.2, 0) is 50.1 Å². The number of anilines is 7. The van der Waals surface area contributed by atoms with Gasteiger partial charge in [0.2, 0.25) is 46.2 Å². The van der Waals surface area contributed by atoms with Gasteiger partial charge in [-0.3, -0.25) is 27.8 Å². The highest BCUT2D eigenvalue weighted by Crippen LogP contribution is 2.49. The van der Waals surface area contributed by atoms with Gasteiger partial charge in [0, 0.05) is 39.6 Å². The van der Waals surface area contributed by atoms with E-state index in [4.69, 9.17) is 28.9 Å². The fraction of sp³-hybridized carbons (Fsp3) is 0.167. The maximum Gasteiger partial charge on any atom is 0.296 e. The van der Waals surface area contributed by atoms with Gasteiger partial charge in [-0.1, -0.05) is 0 Å². The normalized spacial score (nSPS) is 12.3. The Hall–Kier alpha value is -7.68. The number of halogens is 2. The summed E-state index contributed by atoms with van der Waals surface area (Å²) < 4.78 is 142. The Morgan fingerprint density at radius 2 is 0.959 bits per heavy atom. The zero-order valence-corrected chi connectivity index (χ0v) is 42.5. The molecule has 2 amide bonds. The standard InChI is InChI=1S/C36H35Cl2N17O15S4/c1-40-24(56)13-54(3)35-46-31(37)44-33(48-35)42-16-5-7-20(71(59,60)61)18(11-16)50-52-28-22(73(65,66)67)9-15-10-23(74(68,69)70)29(30(58)26(15)27(28)39)53-51-19-12-17(6-8-21(19)72(62,63)64)43-34-45-32(38)47-36(49-34)55(4)14-25(57)41-2/h5-12,58H,13-14,39H2,1-4H3,(H,40,56)(H,41,57)(H,59,60,61)(H,62,63,64)(H,65,66,67)(H,68,69,70)(H,42,44,46,48)(H,43,45,47,49)/b52-50+,53-51+. The molecule has 11 N–H and O–H groups in total. The van der Waals surface area contributed by atoms with Gasteiger partial charge in [-0.25, -0.2) is 0 Å². The van der Waals surface area contributed by atoms with Crippen LogP contribution >= 0.6 is 23.2 Å². The number of likely N-dealkylation sites (N-methyl/N-ethyl adjacent to an activating group) is 4. The SMILES string of the molecule is CNC(=O)CN(C)c1nc(Cl)nc(Nc2ccc(S(=O)(=O)O)c(/N=N/c3c(S(=O)(=O)O)cc4cc(S(=O)(=O)O)c(/N=N/c5cc(Nc6nc(Cl)nc(N(C)CC(=O)NC)n6)ccc5S(=O)(=O)O)c(O)c4c3N)c2)n1. The minimum Gasteiger partial charge on any atom is -0.505 e. The van der Waals surface area contributed by atoms with Gasteiger partial charge < -0.3 is 41.9 Å². The van der Waals surface area contributed by atoms with Crippen molar-refractivity contribution in [2.75, 3.05) is 67.4 Å². The summed E-state index contributed by atoms with van der Waals surface area (Å²) in [6, 6.07) is 6.64. The van der Waals surface area contributed by atoms with Gasteiger partial charge >= 0.3 is 0 Å². The fourth-order valence-corrected chi connectivity index (χ4v) is 9.06. The van der Waals surface area contributed by atoms with Crippen LogP contribution in [0.3, 0.4) is 0 Å². The molecule has 2 aromatic heterocycles. The topological polar surface area (TPSA) is 479 Å². The van der Waals surface area contributed by atoms with Crippen molar-refractivity contribution in [3.63, 3.8) is 0 Å². The van der Waals surface area contributed by atoms with Gasteiger partial charge in [0.15, 0.2) is 5.75 Å². The van der Waals surface area contributed by atoms with E-state index in [1.54, 1.807) is 0 Å². The van der Waals surface area contributed by atoms with Gasteiger partial charge in [-0.15, -0.1) is 20.5 Å². The molecule has 0 aliphatic rings. The molecule has 0 spiro atoms. The first-order valence-corrected chi connectivity index (χ1v) is 26.2. The van der Waals surface area contributed by atoms with E-state index in [0.717, 1.165) is 36.4 Å². The Morgan fingerprint density at radius 3 is 1.34 bits per heavy atom. The molecule has 4 aromatic carbocycles. The number of carbonyl (C=O) groups excluding carboxylic acids is 2. The van der Waals surface area contributed by atoms with Crippen molar-refractivity contribution in [3.8, 4) is 5.75 Å². The Labute approximate surface area is 427 Å². The maximum absolute atomic E-state index is 12.8. The summed E-state index contributed by atoms with van der Waals surface area (Å²) in [6.45, 7) is -0.431. The van der Waals surface area contributed by atoms with E-state index >= 15 is 0 Å². The Bertz CT molecular complexity index is 3580. The van der Waals surface area contributed by atoms with E-state index in [9.17, 15) is 66.6 Å².